The van der Waals surface area contributed by atoms with Gasteiger partial charge in [-0.2, -0.15) is 0 Å². The highest BCUT2D eigenvalue weighted by atomic mass is 32.1. The molecule has 7 heteroatoms. The summed E-state index contributed by atoms with van der Waals surface area (Å²) in [6.07, 6.45) is 6.85. The van der Waals surface area contributed by atoms with Gasteiger partial charge >= 0.3 is 0 Å². The monoisotopic (exact) mass is 386 g/mol. The van der Waals surface area contributed by atoms with Crippen LogP contribution in [0.3, 0.4) is 0 Å². The molecule has 0 radical (unpaired) electrons. The highest BCUT2D eigenvalue weighted by molar-refractivity contribution is 7.71. The van der Waals surface area contributed by atoms with Gasteiger partial charge in [-0.1, -0.05) is 12.8 Å². The second-order valence-electron chi connectivity index (χ2n) is 6.73. The maximum atomic E-state index is 13.4. The van der Waals surface area contributed by atoms with Crippen LogP contribution in [0.2, 0.25) is 0 Å². The van der Waals surface area contributed by atoms with E-state index in [1.54, 1.807) is 15.9 Å². The summed E-state index contributed by atoms with van der Waals surface area (Å²) in [4.78, 5) is 18.9. The Morgan fingerprint density at radius 2 is 1.88 bits per heavy atom. The maximum absolute atomic E-state index is 13.4. The lowest BCUT2D eigenvalue weighted by Gasteiger charge is -2.10. The van der Waals surface area contributed by atoms with Crippen molar-refractivity contribution in [3.8, 4) is 17.2 Å². The van der Waals surface area contributed by atoms with Crippen LogP contribution in [0.1, 0.15) is 36.1 Å². The first-order chi connectivity index (χ1) is 12.7. The Balaban J connectivity index is 1.75. The number of aromatic nitrogens is 2. The van der Waals surface area contributed by atoms with Crippen molar-refractivity contribution in [2.45, 2.75) is 38.5 Å². The van der Waals surface area contributed by atoms with Crippen LogP contribution in [0.5, 0.6) is 11.5 Å². The van der Waals surface area contributed by atoms with E-state index < -0.39 is 0 Å². The second kappa shape index (κ2) is 6.25. The molecule has 0 bridgehead atoms. The van der Waals surface area contributed by atoms with Crippen LogP contribution < -0.4 is 15.0 Å². The van der Waals surface area contributed by atoms with Gasteiger partial charge in [-0.15, -0.1) is 11.3 Å². The molecule has 0 saturated heterocycles. The first-order valence-electron chi connectivity index (χ1n) is 8.92. The number of ether oxygens (including phenoxy) is 2. The molecular formula is C19H18N2O3S2. The van der Waals surface area contributed by atoms with Crippen molar-refractivity contribution in [2.24, 2.45) is 0 Å². The third kappa shape index (κ3) is 2.49. The molecular weight excluding hydrogens is 368 g/mol. The number of thiophene rings is 1. The molecule has 5 nitrogen and oxygen atoms in total. The number of aromatic amines is 1. The third-order valence-corrected chi connectivity index (χ3v) is 6.62. The van der Waals surface area contributed by atoms with Crippen LogP contribution in [0.25, 0.3) is 15.9 Å². The summed E-state index contributed by atoms with van der Waals surface area (Å²) in [6, 6.07) is 5.48. The van der Waals surface area contributed by atoms with Crippen molar-refractivity contribution in [1.82, 2.24) is 9.55 Å². The molecule has 3 aromatic rings. The number of hydrogen-bond acceptors (Lipinski definition) is 5. The Morgan fingerprint density at radius 3 is 2.77 bits per heavy atom. The minimum absolute atomic E-state index is 0.0410. The number of nitrogens with one attached hydrogen (secondary N) is 1. The van der Waals surface area contributed by atoms with E-state index in [4.69, 9.17) is 21.7 Å². The van der Waals surface area contributed by atoms with Crippen LogP contribution in [0.15, 0.2) is 23.0 Å². The number of benzene rings is 1. The Hall–Kier alpha value is -2.12. The lowest BCUT2D eigenvalue weighted by Crippen LogP contribution is -2.20. The van der Waals surface area contributed by atoms with Gasteiger partial charge in [0, 0.05) is 10.9 Å². The van der Waals surface area contributed by atoms with E-state index in [1.807, 2.05) is 18.2 Å². The van der Waals surface area contributed by atoms with Gasteiger partial charge in [0.25, 0.3) is 5.56 Å². The molecule has 26 heavy (non-hydrogen) atoms. The SMILES string of the molecule is O=c1c2c3c(sc2[nH]c(=S)n1-c1ccc2c(c1)OCO2)CCCCCC3. The summed E-state index contributed by atoms with van der Waals surface area (Å²) >= 11 is 7.21. The van der Waals surface area contributed by atoms with E-state index in [1.165, 1.54) is 29.7 Å². The van der Waals surface area contributed by atoms with Gasteiger partial charge in [-0.3, -0.25) is 9.36 Å². The molecule has 0 amide bonds. The van der Waals surface area contributed by atoms with Gasteiger partial charge in [0.2, 0.25) is 6.79 Å². The number of rotatable bonds is 1. The molecule has 5 rings (SSSR count). The number of hydrogen-bond donors (Lipinski definition) is 1. The van der Waals surface area contributed by atoms with Crippen LogP contribution in [-0.2, 0) is 12.8 Å². The molecule has 0 unspecified atom stereocenters. The molecule has 3 heterocycles. The molecule has 1 aliphatic carbocycles. The highest BCUT2D eigenvalue weighted by Crippen LogP contribution is 2.35. The van der Waals surface area contributed by atoms with E-state index in [0.717, 1.165) is 29.5 Å². The van der Waals surface area contributed by atoms with Gasteiger partial charge in [-0.05, 0) is 55.6 Å². The molecule has 1 aliphatic heterocycles. The first-order valence-corrected chi connectivity index (χ1v) is 10.1. The molecule has 0 saturated carbocycles. The van der Waals surface area contributed by atoms with E-state index >= 15 is 0 Å². The first kappa shape index (κ1) is 16.1. The lowest BCUT2D eigenvalue weighted by molar-refractivity contribution is 0.174. The topological polar surface area (TPSA) is 56.2 Å². The number of fused-ring (bicyclic) bond motifs is 4. The molecule has 1 N–H and O–H groups in total. The summed E-state index contributed by atoms with van der Waals surface area (Å²) in [7, 11) is 0. The molecule has 2 aromatic heterocycles. The summed E-state index contributed by atoms with van der Waals surface area (Å²) in [5, 5.41) is 0.804. The van der Waals surface area contributed by atoms with Crippen LogP contribution in [-0.4, -0.2) is 16.3 Å². The van der Waals surface area contributed by atoms with Gasteiger partial charge in [-0.25, -0.2) is 0 Å². The van der Waals surface area contributed by atoms with Crippen LogP contribution >= 0.6 is 23.6 Å². The standard InChI is InChI=1S/C19H18N2O3S2/c22-18-16-12-5-3-1-2-4-6-15(12)26-17(16)20-19(25)21(18)11-7-8-13-14(9-11)24-10-23-13/h7-9H,1-6,10H2,(H,20,25). The van der Waals surface area contributed by atoms with E-state index in [0.29, 0.717) is 22.0 Å². The van der Waals surface area contributed by atoms with Crippen molar-refractivity contribution in [3.63, 3.8) is 0 Å². The zero-order chi connectivity index (χ0) is 17.7. The third-order valence-electron chi connectivity index (χ3n) is 5.13. The van der Waals surface area contributed by atoms with Gasteiger partial charge in [0.1, 0.15) is 4.83 Å². The minimum atomic E-state index is -0.0410. The smallest absolute Gasteiger partial charge is 0.267 e. The molecule has 134 valence electrons. The molecule has 1 aromatic carbocycles. The fraction of sp³-hybridized carbons (Fsp3) is 0.368. The Labute approximate surface area is 159 Å². The van der Waals surface area contributed by atoms with Gasteiger partial charge in [0.15, 0.2) is 16.3 Å². The van der Waals surface area contributed by atoms with Crippen LogP contribution in [0.4, 0.5) is 0 Å². The maximum Gasteiger partial charge on any atom is 0.267 e. The highest BCUT2D eigenvalue weighted by Gasteiger charge is 2.20. The summed E-state index contributed by atoms with van der Waals surface area (Å²) < 4.78 is 12.8. The fourth-order valence-corrected chi connectivity index (χ4v) is 5.48. The normalized spacial score (nSPS) is 16.3. The van der Waals surface area contributed by atoms with Crippen LogP contribution in [0, 0.1) is 4.77 Å². The van der Waals surface area contributed by atoms with Gasteiger partial charge < -0.3 is 14.5 Å². The zero-order valence-electron chi connectivity index (χ0n) is 14.2. The van der Waals surface area contributed by atoms with Crippen molar-refractivity contribution < 1.29 is 9.47 Å². The van der Waals surface area contributed by atoms with Crippen molar-refractivity contribution in [3.05, 3.63) is 43.8 Å². The van der Waals surface area contributed by atoms with Gasteiger partial charge in [0.05, 0.1) is 11.1 Å². The Morgan fingerprint density at radius 1 is 1.08 bits per heavy atom. The van der Waals surface area contributed by atoms with Crippen molar-refractivity contribution in [1.29, 1.82) is 0 Å². The quantitative estimate of drug-likeness (QED) is 0.626. The summed E-state index contributed by atoms with van der Waals surface area (Å²) in [6.45, 7) is 0.206. The molecule has 0 atom stereocenters. The Kier molecular flexibility index (Phi) is 3.86. The average molecular weight is 386 g/mol. The van der Waals surface area contributed by atoms with E-state index in [9.17, 15) is 4.79 Å². The number of aryl methyl sites for hydroxylation is 2. The molecule has 0 fully saturated rings. The second-order valence-corrected chi connectivity index (χ2v) is 8.22. The van der Waals surface area contributed by atoms with E-state index in [-0.39, 0.29) is 12.4 Å². The van der Waals surface area contributed by atoms with Crippen molar-refractivity contribution in [2.75, 3.05) is 6.79 Å². The lowest BCUT2D eigenvalue weighted by atomic mass is 9.98. The molecule has 0 spiro atoms. The number of H-pyrrole nitrogens is 1. The predicted molar refractivity (Wildman–Crippen MR) is 105 cm³/mol. The zero-order valence-corrected chi connectivity index (χ0v) is 15.8. The number of nitrogens with zero attached hydrogens (tertiary/aromatic N) is 1. The van der Waals surface area contributed by atoms with E-state index in [2.05, 4.69) is 4.98 Å². The van der Waals surface area contributed by atoms with Crippen molar-refractivity contribution >= 4 is 33.8 Å². The largest absolute Gasteiger partial charge is 0.454 e. The summed E-state index contributed by atoms with van der Waals surface area (Å²) in [5.74, 6) is 1.34. The average Bonchev–Trinajstić information content (AvgIpc) is 3.19. The Bertz CT molecular complexity index is 1130. The summed E-state index contributed by atoms with van der Waals surface area (Å²) in [5.41, 5.74) is 1.88. The minimum Gasteiger partial charge on any atom is -0.454 e. The predicted octanol–water partition coefficient (Wildman–Crippen LogP) is 4.50. The fourth-order valence-electron chi connectivity index (χ4n) is 3.85. The molecule has 2 aliphatic rings.